The quantitative estimate of drug-likeness (QED) is 0.665. The lowest BCUT2D eigenvalue weighted by Crippen LogP contribution is -2.58. The van der Waals surface area contributed by atoms with Gasteiger partial charge in [0.15, 0.2) is 0 Å². The van der Waals surface area contributed by atoms with E-state index in [9.17, 15) is 14.4 Å². The zero-order valence-corrected chi connectivity index (χ0v) is 20.9. The molecule has 1 atom stereocenters. The first-order valence-corrected chi connectivity index (χ1v) is 12.6. The molecule has 2 aliphatic rings. The average molecular weight is 477 g/mol. The summed E-state index contributed by atoms with van der Waals surface area (Å²) in [5.74, 6) is -0.230. The number of anilines is 1. The Bertz CT molecular complexity index is 1030. The fourth-order valence-electron chi connectivity index (χ4n) is 5.42. The maximum atomic E-state index is 13.8. The molecule has 7 nitrogen and oxygen atoms in total. The molecule has 2 fully saturated rings. The fraction of sp³-hybridized carbons (Fsp3) is 0.464. The van der Waals surface area contributed by atoms with Crippen LogP contribution < -0.4 is 10.2 Å². The van der Waals surface area contributed by atoms with E-state index in [-0.39, 0.29) is 36.2 Å². The molecular weight excluding hydrogens is 440 g/mol. The number of hydrogen-bond donors (Lipinski definition) is 1. The molecule has 0 bridgehead atoms. The van der Waals surface area contributed by atoms with Gasteiger partial charge in [-0.1, -0.05) is 55.5 Å². The summed E-state index contributed by atoms with van der Waals surface area (Å²) in [6, 6.07) is 19.8. The van der Waals surface area contributed by atoms with Crippen LogP contribution in [0, 0.1) is 0 Å². The van der Waals surface area contributed by atoms with Crippen molar-refractivity contribution in [1.29, 1.82) is 0 Å². The summed E-state index contributed by atoms with van der Waals surface area (Å²) in [7, 11) is 0. The lowest BCUT2D eigenvalue weighted by atomic mass is 9.84. The van der Waals surface area contributed by atoms with Crippen LogP contribution in [0.5, 0.6) is 0 Å². The summed E-state index contributed by atoms with van der Waals surface area (Å²) >= 11 is 0. The van der Waals surface area contributed by atoms with Gasteiger partial charge in [0.1, 0.15) is 12.1 Å². The van der Waals surface area contributed by atoms with Crippen molar-refractivity contribution < 1.29 is 14.4 Å². The molecule has 0 aromatic heterocycles. The molecule has 0 aliphatic carbocycles. The van der Waals surface area contributed by atoms with E-state index in [1.165, 1.54) is 0 Å². The largest absolute Gasteiger partial charge is 0.352 e. The SMILES string of the molecule is CCC(C(=O)N1CCC2(CC1)C(=O)N(CC(=O)NC(C)C)CN2c1ccccc1)c1ccccc1. The van der Waals surface area contributed by atoms with Gasteiger partial charge in [-0.2, -0.15) is 0 Å². The molecule has 35 heavy (non-hydrogen) atoms. The summed E-state index contributed by atoms with van der Waals surface area (Å²) in [5.41, 5.74) is 1.25. The van der Waals surface area contributed by atoms with Gasteiger partial charge < -0.3 is 20.0 Å². The van der Waals surface area contributed by atoms with Gasteiger partial charge >= 0.3 is 0 Å². The van der Waals surface area contributed by atoms with E-state index in [0.29, 0.717) is 32.6 Å². The highest BCUT2D eigenvalue weighted by atomic mass is 16.2. The van der Waals surface area contributed by atoms with E-state index in [1.807, 2.05) is 86.3 Å². The Morgan fingerprint density at radius 2 is 1.57 bits per heavy atom. The number of carbonyl (C=O) groups is 3. The van der Waals surface area contributed by atoms with Crippen molar-refractivity contribution >= 4 is 23.4 Å². The zero-order chi connectivity index (χ0) is 25.0. The minimum absolute atomic E-state index is 0.0183. The highest BCUT2D eigenvalue weighted by Crippen LogP contribution is 2.40. The summed E-state index contributed by atoms with van der Waals surface area (Å²) in [6.07, 6.45) is 1.82. The third kappa shape index (κ3) is 5.04. The summed E-state index contributed by atoms with van der Waals surface area (Å²) in [6.45, 7) is 7.30. The standard InChI is InChI=1S/C28H36N4O3/c1-4-24(22-11-7-5-8-12-22)26(34)30-17-15-28(16-18-30)27(35)31(19-25(33)29-21(2)3)20-32(28)23-13-9-6-10-14-23/h5-14,21,24H,4,15-20H2,1-3H3,(H,29,33). The van der Waals surface area contributed by atoms with Crippen molar-refractivity contribution in [2.75, 3.05) is 31.2 Å². The minimum Gasteiger partial charge on any atom is -0.352 e. The Hall–Kier alpha value is -3.35. The van der Waals surface area contributed by atoms with E-state index in [1.54, 1.807) is 4.90 Å². The number of nitrogens with zero attached hydrogens (tertiary/aromatic N) is 3. The summed E-state index contributed by atoms with van der Waals surface area (Å²) in [4.78, 5) is 45.4. The van der Waals surface area contributed by atoms with E-state index in [4.69, 9.17) is 0 Å². The van der Waals surface area contributed by atoms with Crippen LogP contribution in [0.2, 0.25) is 0 Å². The number of amides is 3. The van der Waals surface area contributed by atoms with Gasteiger partial charge in [-0.3, -0.25) is 14.4 Å². The highest BCUT2D eigenvalue weighted by Gasteiger charge is 2.54. The normalized spacial score (nSPS) is 18.3. The van der Waals surface area contributed by atoms with Crippen molar-refractivity contribution in [2.45, 2.75) is 57.5 Å². The first kappa shape index (κ1) is 24.8. The van der Waals surface area contributed by atoms with Gasteiger partial charge in [0.2, 0.25) is 11.8 Å². The van der Waals surface area contributed by atoms with E-state index in [0.717, 1.165) is 17.7 Å². The second kappa shape index (κ2) is 10.5. The van der Waals surface area contributed by atoms with Crippen molar-refractivity contribution in [3.05, 3.63) is 66.2 Å². The van der Waals surface area contributed by atoms with Crippen LogP contribution in [0.25, 0.3) is 0 Å². The van der Waals surface area contributed by atoms with Crippen LogP contribution in [-0.4, -0.2) is 65.4 Å². The Balaban J connectivity index is 1.53. The molecule has 4 rings (SSSR count). The molecule has 2 aromatic rings. The van der Waals surface area contributed by atoms with Crippen LogP contribution in [-0.2, 0) is 14.4 Å². The monoisotopic (exact) mass is 476 g/mol. The van der Waals surface area contributed by atoms with E-state index in [2.05, 4.69) is 10.2 Å². The van der Waals surface area contributed by atoms with E-state index >= 15 is 0 Å². The van der Waals surface area contributed by atoms with Crippen molar-refractivity contribution in [3.8, 4) is 0 Å². The predicted octanol–water partition coefficient (Wildman–Crippen LogP) is 3.37. The molecule has 2 saturated heterocycles. The van der Waals surface area contributed by atoms with Crippen LogP contribution >= 0.6 is 0 Å². The maximum Gasteiger partial charge on any atom is 0.250 e. The van der Waals surface area contributed by atoms with Crippen LogP contribution in [0.15, 0.2) is 60.7 Å². The number of hydrogen-bond acceptors (Lipinski definition) is 4. The first-order valence-electron chi connectivity index (χ1n) is 12.6. The number of benzene rings is 2. The number of nitrogens with one attached hydrogen (secondary N) is 1. The molecule has 1 unspecified atom stereocenters. The summed E-state index contributed by atoms with van der Waals surface area (Å²) < 4.78 is 0. The molecule has 0 radical (unpaired) electrons. The molecule has 7 heteroatoms. The molecule has 2 aliphatic heterocycles. The Morgan fingerprint density at radius 1 is 0.971 bits per heavy atom. The number of carbonyl (C=O) groups excluding carboxylic acids is 3. The van der Waals surface area contributed by atoms with E-state index < -0.39 is 5.54 Å². The molecule has 186 valence electrons. The van der Waals surface area contributed by atoms with Gasteiger partial charge in [0, 0.05) is 24.8 Å². The molecule has 2 aromatic carbocycles. The third-order valence-electron chi connectivity index (χ3n) is 7.18. The number of likely N-dealkylation sites (tertiary alicyclic amines) is 1. The van der Waals surface area contributed by atoms with Crippen LogP contribution in [0.3, 0.4) is 0 Å². The van der Waals surface area contributed by atoms with Gasteiger partial charge in [-0.25, -0.2) is 0 Å². The molecular formula is C28H36N4O3. The van der Waals surface area contributed by atoms with Gasteiger partial charge in [-0.05, 0) is 50.8 Å². The Morgan fingerprint density at radius 3 is 2.14 bits per heavy atom. The van der Waals surface area contributed by atoms with Crippen LogP contribution in [0.4, 0.5) is 5.69 Å². The molecule has 0 saturated carbocycles. The Labute approximate surface area is 208 Å². The fourth-order valence-corrected chi connectivity index (χ4v) is 5.42. The van der Waals surface area contributed by atoms with Gasteiger partial charge in [0.25, 0.3) is 5.91 Å². The van der Waals surface area contributed by atoms with Crippen molar-refractivity contribution in [2.24, 2.45) is 0 Å². The highest BCUT2D eigenvalue weighted by molar-refractivity contribution is 5.96. The smallest absolute Gasteiger partial charge is 0.250 e. The van der Waals surface area contributed by atoms with Crippen molar-refractivity contribution in [1.82, 2.24) is 15.1 Å². The van der Waals surface area contributed by atoms with Crippen molar-refractivity contribution in [3.63, 3.8) is 0 Å². The third-order valence-corrected chi connectivity index (χ3v) is 7.18. The lowest BCUT2D eigenvalue weighted by molar-refractivity contribution is -0.140. The lowest BCUT2D eigenvalue weighted by Gasteiger charge is -2.44. The Kier molecular flexibility index (Phi) is 7.43. The average Bonchev–Trinajstić information content (AvgIpc) is 3.11. The second-order valence-electron chi connectivity index (χ2n) is 9.86. The topological polar surface area (TPSA) is 73.0 Å². The zero-order valence-electron chi connectivity index (χ0n) is 20.9. The first-order chi connectivity index (χ1) is 16.9. The number of para-hydroxylation sites is 1. The predicted molar refractivity (Wildman–Crippen MR) is 137 cm³/mol. The van der Waals surface area contributed by atoms with Gasteiger partial charge in [-0.15, -0.1) is 0 Å². The number of rotatable bonds is 7. The second-order valence-corrected chi connectivity index (χ2v) is 9.86. The van der Waals surface area contributed by atoms with Gasteiger partial charge in [0.05, 0.1) is 12.6 Å². The number of piperidine rings is 1. The van der Waals surface area contributed by atoms with Crippen LogP contribution in [0.1, 0.15) is 51.5 Å². The molecule has 2 heterocycles. The molecule has 1 spiro atoms. The maximum absolute atomic E-state index is 13.8. The minimum atomic E-state index is -0.745. The molecule has 3 amide bonds. The molecule has 1 N–H and O–H groups in total. The summed E-state index contributed by atoms with van der Waals surface area (Å²) in [5, 5.41) is 2.89.